The smallest absolute Gasteiger partial charge is 0.253 e. The predicted octanol–water partition coefficient (Wildman–Crippen LogP) is 3.01. The Balaban J connectivity index is 1.59. The number of nitrogens with zero attached hydrogens (tertiary/aromatic N) is 3. The fraction of sp³-hybridized carbons (Fsp3) is 0.300. The Labute approximate surface area is 160 Å². The van der Waals surface area contributed by atoms with Crippen molar-refractivity contribution in [3.05, 3.63) is 64.9 Å². The van der Waals surface area contributed by atoms with Crippen molar-refractivity contribution in [2.45, 2.75) is 18.5 Å². The van der Waals surface area contributed by atoms with Gasteiger partial charge in [-0.2, -0.15) is 0 Å². The van der Waals surface area contributed by atoms with Gasteiger partial charge < -0.3 is 0 Å². The minimum absolute atomic E-state index is 0.0362. The SMILES string of the molecule is O=C1[C@@H]2[C@H](C(=O)N1c1ccc(Cl)c(F)c1)N1CCCN1[C@H]2c1ccccc1. The van der Waals surface area contributed by atoms with Crippen LogP contribution < -0.4 is 4.90 Å². The molecule has 3 aliphatic heterocycles. The number of benzene rings is 2. The summed E-state index contributed by atoms with van der Waals surface area (Å²) in [7, 11) is 0. The molecule has 0 radical (unpaired) electrons. The number of hydrogen-bond donors (Lipinski definition) is 0. The molecule has 0 saturated carbocycles. The first kappa shape index (κ1) is 16.9. The van der Waals surface area contributed by atoms with Crippen LogP contribution in [0, 0.1) is 11.7 Å². The number of rotatable bonds is 2. The van der Waals surface area contributed by atoms with Crippen LogP contribution in [0.15, 0.2) is 48.5 Å². The normalized spacial score (nSPS) is 28.1. The van der Waals surface area contributed by atoms with E-state index in [1.165, 1.54) is 12.1 Å². The Bertz CT molecular complexity index is 938. The average Bonchev–Trinajstić information content (AvgIpc) is 3.31. The summed E-state index contributed by atoms with van der Waals surface area (Å²) >= 11 is 5.75. The number of amides is 2. The maximum Gasteiger partial charge on any atom is 0.253 e. The van der Waals surface area contributed by atoms with Crippen LogP contribution in [0.3, 0.4) is 0 Å². The standard InChI is InChI=1S/C20H17ClFN3O2/c21-14-8-7-13(11-15(14)22)25-19(26)16-17(12-5-2-1-3-6-12)23-9-4-10-24(23)18(16)20(25)27/h1-3,5-8,11,16-18H,4,9-10H2/t16-,17-,18+/m0/s1. The van der Waals surface area contributed by atoms with E-state index in [2.05, 4.69) is 5.01 Å². The van der Waals surface area contributed by atoms with Gasteiger partial charge in [0.2, 0.25) is 5.91 Å². The molecule has 138 valence electrons. The van der Waals surface area contributed by atoms with Gasteiger partial charge in [0.15, 0.2) is 0 Å². The highest BCUT2D eigenvalue weighted by atomic mass is 35.5. The lowest BCUT2D eigenvalue weighted by molar-refractivity contribution is -0.126. The summed E-state index contributed by atoms with van der Waals surface area (Å²) < 4.78 is 13.9. The Morgan fingerprint density at radius 2 is 1.63 bits per heavy atom. The van der Waals surface area contributed by atoms with Crippen LogP contribution >= 0.6 is 11.6 Å². The highest BCUT2D eigenvalue weighted by Gasteiger charge is 2.62. The number of imide groups is 1. The monoisotopic (exact) mass is 385 g/mol. The molecule has 7 heteroatoms. The Morgan fingerprint density at radius 1 is 0.926 bits per heavy atom. The summed E-state index contributed by atoms with van der Waals surface area (Å²) in [5, 5.41) is 4.14. The van der Waals surface area contributed by atoms with E-state index in [-0.39, 0.29) is 28.6 Å². The van der Waals surface area contributed by atoms with Gasteiger partial charge in [-0.3, -0.25) is 9.59 Å². The van der Waals surface area contributed by atoms with Gasteiger partial charge in [-0.1, -0.05) is 41.9 Å². The summed E-state index contributed by atoms with van der Waals surface area (Å²) in [6, 6.07) is 13.1. The zero-order chi connectivity index (χ0) is 18.7. The van der Waals surface area contributed by atoms with Crippen molar-refractivity contribution in [1.82, 2.24) is 10.0 Å². The van der Waals surface area contributed by atoms with Crippen molar-refractivity contribution in [3.8, 4) is 0 Å². The first-order valence-corrected chi connectivity index (χ1v) is 9.37. The molecule has 0 bridgehead atoms. The van der Waals surface area contributed by atoms with Gasteiger partial charge in [0.25, 0.3) is 5.91 Å². The third kappa shape index (κ3) is 2.37. The lowest BCUT2D eigenvalue weighted by Gasteiger charge is -2.29. The van der Waals surface area contributed by atoms with Crippen LogP contribution in [0.1, 0.15) is 18.0 Å². The van der Waals surface area contributed by atoms with Crippen molar-refractivity contribution in [2.24, 2.45) is 5.92 Å². The zero-order valence-corrected chi connectivity index (χ0v) is 15.1. The quantitative estimate of drug-likeness (QED) is 0.745. The van der Waals surface area contributed by atoms with E-state index < -0.39 is 17.8 Å². The van der Waals surface area contributed by atoms with Gasteiger partial charge in [0.05, 0.1) is 22.7 Å². The second-order valence-corrected chi connectivity index (χ2v) is 7.52. The molecule has 5 rings (SSSR count). The molecule has 5 nitrogen and oxygen atoms in total. The minimum atomic E-state index is -0.644. The average molecular weight is 386 g/mol. The molecule has 2 aromatic rings. The lowest BCUT2D eigenvalue weighted by Crippen LogP contribution is -2.44. The van der Waals surface area contributed by atoms with E-state index in [1.807, 2.05) is 35.3 Å². The summed E-state index contributed by atoms with van der Waals surface area (Å²) in [6.07, 6.45) is 0.948. The molecular formula is C20H17ClFN3O2. The molecule has 3 aliphatic rings. The Hall–Kier alpha value is -2.28. The highest BCUT2D eigenvalue weighted by molar-refractivity contribution is 6.31. The molecule has 2 aromatic carbocycles. The van der Waals surface area contributed by atoms with Crippen LogP contribution in [0.5, 0.6) is 0 Å². The molecule has 3 fully saturated rings. The van der Waals surface area contributed by atoms with E-state index in [0.29, 0.717) is 0 Å². The third-order valence-corrected chi connectivity index (χ3v) is 6.01. The van der Waals surface area contributed by atoms with Crippen LogP contribution in [0.25, 0.3) is 0 Å². The second-order valence-electron chi connectivity index (χ2n) is 7.12. The van der Waals surface area contributed by atoms with Crippen molar-refractivity contribution in [3.63, 3.8) is 0 Å². The van der Waals surface area contributed by atoms with Gasteiger partial charge in [-0.05, 0) is 30.2 Å². The first-order valence-electron chi connectivity index (χ1n) is 8.99. The van der Waals surface area contributed by atoms with E-state index in [4.69, 9.17) is 11.6 Å². The van der Waals surface area contributed by atoms with Crippen molar-refractivity contribution >= 4 is 29.1 Å². The van der Waals surface area contributed by atoms with E-state index >= 15 is 0 Å². The number of hydrazine groups is 1. The van der Waals surface area contributed by atoms with Crippen molar-refractivity contribution < 1.29 is 14.0 Å². The molecule has 27 heavy (non-hydrogen) atoms. The largest absolute Gasteiger partial charge is 0.274 e. The van der Waals surface area contributed by atoms with Crippen LogP contribution in [0.4, 0.5) is 10.1 Å². The highest BCUT2D eigenvalue weighted by Crippen LogP contribution is 2.48. The lowest BCUT2D eigenvalue weighted by atomic mass is 9.90. The fourth-order valence-electron chi connectivity index (χ4n) is 4.64. The number of fused-ring (bicyclic) bond motifs is 3. The van der Waals surface area contributed by atoms with Crippen LogP contribution in [0.2, 0.25) is 5.02 Å². The molecule has 2 amide bonds. The molecule has 3 atom stereocenters. The number of halogens is 2. The van der Waals surface area contributed by atoms with Crippen molar-refractivity contribution in [2.75, 3.05) is 18.0 Å². The molecule has 0 spiro atoms. The molecule has 0 aliphatic carbocycles. The Kier molecular flexibility index (Phi) is 3.82. The van der Waals surface area contributed by atoms with Gasteiger partial charge >= 0.3 is 0 Å². The van der Waals surface area contributed by atoms with E-state index in [9.17, 15) is 14.0 Å². The number of carbonyl (C=O) groups is 2. The summed E-state index contributed by atoms with van der Waals surface area (Å²) in [6.45, 7) is 1.56. The van der Waals surface area contributed by atoms with Crippen LogP contribution in [-0.4, -0.2) is 41.0 Å². The predicted molar refractivity (Wildman–Crippen MR) is 98.4 cm³/mol. The summed E-state index contributed by atoms with van der Waals surface area (Å²) in [4.78, 5) is 27.6. The minimum Gasteiger partial charge on any atom is -0.274 e. The summed E-state index contributed by atoms with van der Waals surface area (Å²) in [5.74, 6) is -1.72. The molecule has 3 heterocycles. The molecule has 3 saturated heterocycles. The van der Waals surface area contributed by atoms with Gasteiger partial charge in [0.1, 0.15) is 11.9 Å². The maximum absolute atomic E-state index is 13.9. The molecule has 0 N–H and O–H groups in total. The number of hydrogen-bond acceptors (Lipinski definition) is 4. The van der Waals surface area contributed by atoms with Crippen molar-refractivity contribution in [1.29, 1.82) is 0 Å². The number of carbonyl (C=O) groups excluding carboxylic acids is 2. The van der Waals surface area contributed by atoms with Crippen LogP contribution in [-0.2, 0) is 9.59 Å². The van der Waals surface area contributed by atoms with Gasteiger partial charge in [-0.15, -0.1) is 0 Å². The summed E-state index contributed by atoms with van der Waals surface area (Å²) in [5.41, 5.74) is 1.25. The van der Waals surface area contributed by atoms with E-state index in [0.717, 1.165) is 36.0 Å². The van der Waals surface area contributed by atoms with Gasteiger partial charge in [-0.25, -0.2) is 19.3 Å². The second kappa shape index (κ2) is 6.12. The Morgan fingerprint density at radius 3 is 2.33 bits per heavy atom. The molecular weight excluding hydrogens is 369 g/mol. The topological polar surface area (TPSA) is 43.9 Å². The molecule has 0 aromatic heterocycles. The third-order valence-electron chi connectivity index (χ3n) is 5.71. The maximum atomic E-state index is 13.9. The number of anilines is 1. The zero-order valence-electron chi connectivity index (χ0n) is 14.4. The first-order chi connectivity index (χ1) is 13.1. The fourth-order valence-corrected chi connectivity index (χ4v) is 4.76. The van der Waals surface area contributed by atoms with E-state index in [1.54, 1.807) is 0 Å². The van der Waals surface area contributed by atoms with Gasteiger partial charge in [0, 0.05) is 13.1 Å². The molecule has 0 unspecified atom stereocenters.